The van der Waals surface area contributed by atoms with Gasteiger partial charge < -0.3 is 24.7 Å². The van der Waals surface area contributed by atoms with Crippen molar-refractivity contribution in [2.45, 2.75) is 19.8 Å². The molecule has 0 bridgehead atoms. The van der Waals surface area contributed by atoms with Gasteiger partial charge in [-0.3, -0.25) is 19.7 Å². The van der Waals surface area contributed by atoms with E-state index in [9.17, 15) is 19.7 Å². The van der Waals surface area contributed by atoms with Crippen LogP contribution in [0.2, 0.25) is 0 Å². The average Bonchev–Trinajstić information content (AvgIpc) is 3.38. The summed E-state index contributed by atoms with van der Waals surface area (Å²) in [5, 5.41) is 18.1. The van der Waals surface area contributed by atoms with Crippen molar-refractivity contribution >= 4 is 45.5 Å². The monoisotopic (exact) mass is 528 g/mol. The number of furan rings is 1. The van der Waals surface area contributed by atoms with Crippen LogP contribution in [-0.4, -0.2) is 36.9 Å². The zero-order valence-electron chi connectivity index (χ0n) is 21.6. The maximum Gasteiger partial charge on any atom is 0.293 e. The quantitative estimate of drug-likeness (QED) is 0.219. The standard InChI is InChI=1S/C29H28N4O6/c1-18-11-13-32(14-12-18)23-10-7-20(15-24(23)33(36)37)28(34)30-21-8-9-22(26(17-21)38-2)31-29(35)27-16-19-5-3-4-6-25(19)39-27/h3-10,15-18H,11-14H2,1-2H3,(H,30,34)(H,31,35). The number of methoxy groups -OCH3 is 1. The Labute approximate surface area is 224 Å². The number of nitro groups is 1. The van der Waals surface area contributed by atoms with Gasteiger partial charge in [-0.25, -0.2) is 0 Å². The smallest absolute Gasteiger partial charge is 0.293 e. The molecule has 0 radical (unpaired) electrons. The minimum atomic E-state index is -0.502. The number of anilines is 3. The molecule has 0 atom stereocenters. The van der Waals surface area contributed by atoms with Crippen molar-refractivity contribution in [1.82, 2.24) is 0 Å². The predicted molar refractivity (Wildman–Crippen MR) is 149 cm³/mol. The molecule has 0 unspecified atom stereocenters. The summed E-state index contributed by atoms with van der Waals surface area (Å²) in [5.74, 6) is 0.111. The van der Waals surface area contributed by atoms with Gasteiger partial charge in [0.25, 0.3) is 17.5 Å². The van der Waals surface area contributed by atoms with E-state index in [0.29, 0.717) is 34.3 Å². The van der Waals surface area contributed by atoms with Crippen LogP contribution >= 0.6 is 0 Å². The van der Waals surface area contributed by atoms with Gasteiger partial charge in [0.2, 0.25) is 0 Å². The summed E-state index contributed by atoms with van der Waals surface area (Å²) in [6.45, 7) is 3.66. The number of hydrogen-bond donors (Lipinski definition) is 2. The van der Waals surface area contributed by atoms with Crippen LogP contribution in [0.1, 0.15) is 40.7 Å². The summed E-state index contributed by atoms with van der Waals surface area (Å²) in [5.41, 5.74) is 1.98. The van der Waals surface area contributed by atoms with Crippen molar-refractivity contribution in [2.24, 2.45) is 5.92 Å². The van der Waals surface area contributed by atoms with Crippen molar-refractivity contribution in [3.63, 3.8) is 0 Å². The number of nitrogens with zero attached hydrogens (tertiary/aromatic N) is 2. The zero-order chi connectivity index (χ0) is 27.5. The maximum absolute atomic E-state index is 13.0. The molecule has 200 valence electrons. The summed E-state index contributed by atoms with van der Waals surface area (Å²) in [6.07, 6.45) is 1.94. The van der Waals surface area contributed by atoms with E-state index in [1.807, 2.05) is 23.1 Å². The van der Waals surface area contributed by atoms with Crippen LogP contribution in [0.4, 0.5) is 22.7 Å². The Morgan fingerprint density at radius 2 is 1.77 bits per heavy atom. The van der Waals surface area contributed by atoms with Crippen molar-refractivity contribution in [2.75, 3.05) is 35.7 Å². The normalized spacial score (nSPS) is 13.7. The Balaban J connectivity index is 1.31. The molecule has 10 nitrogen and oxygen atoms in total. The van der Waals surface area contributed by atoms with Gasteiger partial charge in [-0.2, -0.15) is 0 Å². The fraction of sp³-hybridized carbons (Fsp3) is 0.241. The number of hydrogen-bond acceptors (Lipinski definition) is 7. The SMILES string of the molecule is COc1cc(NC(=O)c2ccc(N3CCC(C)CC3)c([N+](=O)[O-])c2)ccc1NC(=O)c1cc2ccccc2o1. The molecule has 4 aromatic rings. The summed E-state index contributed by atoms with van der Waals surface area (Å²) in [4.78, 5) is 39.1. The first-order valence-corrected chi connectivity index (χ1v) is 12.6. The molecule has 1 aliphatic rings. The molecular formula is C29H28N4O6. The molecule has 3 aromatic carbocycles. The first-order valence-electron chi connectivity index (χ1n) is 12.6. The first kappa shape index (κ1) is 25.8. The highest BCUT2D eigenvalue weighted by Gasteiger charge is 2.25. The maximum atomic E-state index is 13.0. The van der Waals surface area contributed by atoms with Gasteiger partial charge in [0.05, 0.1) is 17.7 Å². The van der Waals surface area contributed by atoms with Gasteiger partial charge in [-0.05, 0) is 55.2 Å². The fourth-order valence-corrected chi connectivity index (χ4v) is 4.68. The van der Waals surface area contributed by atoms with Crippen LogP contribution in [0.15, 0.2) is 71.1 Å². The number of benzene rings is 3. The number of ether oxygens (including phenoxy) is 1. The second-order valence-corrected chi connectivity index (χ2v) is 9.60. The van der Waals surface area contributed by atoms with Crippen molar-refractivity contribution in [3.8, 4) is 5.75 Å². The lowest BCUT2D eigenvalue weighted by Gasteiger charge is -2.31. The molecule has 2 N–H and O–H groups in total. The molecule has 39 heavy (non-hydrogen) atoms. The van der Waals surface area contributed by atoms with Crippen molar-refractivity contribution in [3.05, 3.63) is 88.2 Å². The molecule has 1 aliphatic heterocycles. The lowest BCUT2D eigenvalue weighted by molar-refractivity contribution is -0.384. The molecule has 0 spiro atoms. The van der Waals surface area contributed by atoms with E-state index in [2.05, 4.69) is 17.6 Å². The van der Waals surface area contributed by atoms with E-state index >= 15 is 0 Å². The number of carbonyl (C=O) groups excluding carboxylic acids is 2. The van der Waals surface area contributed by atoms with Crippen LogP contribution in [-0.2, 0) is 0 Å². The Bertz CT molecular complexity index is 1520. The number of nitro benzene ring substituents is 1. The van der Waals surface area contributed by atoms with E-state index in [0.717, 1.165) is 31.3 Å². The lowest BCUT2D eigenvalue weighted by Crippen LogP contribution is -2.33. The molecule has 0 aliphatic carbocycles. The second-order valence-electron chi connectivity index (χ2n) is 9.60. The Kier molecular flexibility index (Phi) is 7.18. The van der Waals surface area contributed by atoms with Gasteiger partial charge in [0.1, 0.15) is 17.0 Å². The summed E-state index contributed by atoms with van der Waals surface area (Å²) in [7, 11) is 1.45. The molecule has 1 aromatic heterocycles. The molecule has 5 rings (SSSR count). The number of fused-ring (bicyclic) bond motifs is 1. The second kappa shape index (κ2) is 10.9. The minimum absolute atomic E-state index is 0.0987. The van der Waals surface area contributed by atoms with Crippen LogP contribution in [0.3, 0.4) is 0 Å². The van der Waals surface area contributed by atoms with Gasteiger partial charge >= 0.3 is 0 Å². The highest BCUT2D eigenvalue weighted by atomic mass is 16.6. The van der Waals surface area contributed by atoms with E-state index in [4.69, 9.17) is 9.15 Å². The Morgan fingerprint density at radius 3 is 2.49 bits per heavy atom. The zero-order valence-corrected chi connectivity index (χ0v) is 21.6. The topological polar surface area (TPSA) is 127 Å². The third-order valence-corrected chi connectivity index (χ3v) is 6.92. The summed E-state index contributed by atoms with van der Waals surface area (Å²) in [6, 6.07) is 18.3. The molecule has 1 saturated heterocycles. The molecule has 0 saturated carbocycles. The van der Waals surface area contributed by atoms with E-state index in [1.165, 1.54) is 13.2 Å². The molecule has 2 amide bonds. The molecular weight excluding hydrogens is 500 g/mol. The van der Waals surface area contributed by atoms with Crippen molar-refractivity contribution < 1.29 is 23.7 Å². The van der Waals surface area contributed by atoms with E-state index in [-0.39, 0.29) is 17.0 Å². The highest BCUT2D eigenvalue weighted by Crippen LogP contribution is 2.33. The predicted octanol–water partition coefficient (Wildman–Crippen LogP) is 6.09. The third-order valence-electron chi connectivity index (χ3n) is 6.92. The van der Waals surface area contributed by atoms with Gasteiger partial charge in [0.15, 0.2) is 5.76 Å². The number of nitrogens with one attached hydrogen (secondary N) is 2. The van der Waals surface area contributed by atoms with Crippen molar-refractivity contribution in [1.29, 1.82) is 0 Å². The first-order chi connectivity index (χ1) is 18.8. The highest BCUT2D eigenvalue weighted by molar-refractivity contribution is 6.07. The largest absolute Gasteiger partial charge is 0.494 e. The Morgan fingerprint density at radius 1 is 1.00 bits per heavy atom. The molecule has 2 heterocycles. The van der Waals surface area contributed by atoms with Gasteiger partial charge in [0, 0.05) is 41.9 Å². The fourth-order valence-electron chi connectivity index (χ4n) is 4.68. The molecule has 1 fully saturated rings. The third kappa shape index (κ3) is 5.54. The minimum Gasteiger partial charge on any atom is -0.494 e. The number of rotatable bonds is 7. The van der Waals surface area contributed by atoms with Crippen LogP contribution in [0, 0.1) is 16.0 Å². The number of piperidine rings is 1. The van der Waals surface area contributed by atoms with Crippen LogP contribution < -0.4 is 20.3 Å². The van der Waals surface area contributed by atoms with Gasteiger partial charge in [-0.15, -0.1) is 0 Å². The summed E-state index contributed by atoms with van der Waals surface area (Å²) >= 11 is 0. The van der Waals surface area contributed by atoms with E-state index in [1.54, 1.807) is 42.5 Å². The average molecular weight is 529 g/mol. The number of amides is 2. The lowest BCUT2D eigenvalue weighted by atomic mass is 9.98. The summed E-state index contributed by atoms with van der Waals surface area (Å²) < 4.78 is 11.0. The number of para-hydroxylation sites is 1. The molecule has 10 heteroatoms. The van der Waals surface area contributed by atoms with Crippen LogP contribution in [0.5, 0.6) is 5.75 Å². The van der Waals surface area contributed by atoms with Crippen LogP contribution in [0.25, 0.3) is 11.0 Å². The number of carbonyl (C=O) groups is 2. The van der Waals surface area contributed by atoms with Gasteiger partial charge in [-0.1, -0.05) is 25.1 Å². The Hall–Kier alpha value is -4.86. The van der Waals surface area contributed by atoms with E-state index < -0.39 is 16.7 Å².